The molecule has 0 aliphatic carbocycles. The number of hydrogen-bond donors (Lipinski definition) is 1. The van der Waals surface area contributed by atoms with Crippen molar-refractivity contribution < 1.29 is 4.79 Å². The van der Waals surface area contributed by atoms with Gasteiger partial charge in [-0.15, -0.1) is 11.3 Å². The predicted molar refractivity (Wildman–Crippen MR) is 86.6 cm³/mol. The molecule has 0 amide bonds. The number of aliphatic imine (C=N–C) groups is 1. The Hall–Kier alpha value is -2.27. The lowest BCUT2D eigenvalue weighted by Crippen LogP contribution is -2.03. The molecule has 3 aromatic rings. The number of nitrogens with zero attached hydrogens (tertiary/aromatic N) is 2. The van der Waals surface area contributed by atoms with E-state index in [4.69, 9.17) is 0 Å². The van der Waals surface area contributed by atoms with Gasteiger partial charge >= 0.3 is 0 Å². The second-order valence-corrected chi connectivity index (χ2v) is 5.50. The molecule has 5 heteroatoms. The van der Waals surface area contributed by atoms with Crippen molar-refractivity contribution in [3.63, 3.8) is 0 Å². The van der Waals surface area contributed by atoms with Gasteiger partial charge in [0.1, 0.15) is 0 Å². The van der Waals surface area contributed by atoms with Crippen molar-refractivity contribution >= 4 is 33.7 Å². The van der Waals surface area contributed by atoms with Crippen LogP contribution in [0.25, 0.3) is 10.9 Å². The summed E-state index contributed by atoms with van der Waals surface area (Å²) in [6.07, 6.45) is 2.56. The molecule has 0 radical (unpaired) electrons. The Balaban J connectivity index is 1.99. The molecule has 0 fully saturated rings. The molecular formula is C16H15N3OS. The molecule has 0 aliphatic heterocycles. The number of aromatic nitrogens is 2. The van der Waals surface area contributed by atoms with Gasteiger partial charge in [0.05, 0.1) is 17.0 Å². The first-order chi connectivity index (χ1) is 10.2. The quantitative estimate of drug-likeness (QED) is 0.590. The van der Waals surface area contributed by atoms with E-state index < -0.39 is 0 Å². The Morgan fingerprint density at radius 3 is 2.95 bits per heavy atom. The topological polar surface area (TPSA) is 58.1 Å². The maximum absolute atomic E-state index is 12.6. The number of ketones is 1. The monoisotopic (exact) mass is 297 g/mol. The third-order valence-corrected chi connectivity index (χ3v) is 4.27. The summed E-state index contributed by atoms with van der Waals surface area (Å²) < 4.78 is 0. The van der Waals surface area contributed by atoms with Gasteiger partial charge in [0, 0.05) is 29.5 Å². The molecule has 1 N–H and O–H groups in total. The van der Waals surface area contributed by atoms with Gasteiger partial charge in [-0.3, -0.25) is 9.79 Å². The highest BCUT2D eigenvalue weighted by Gasteiger charge is 2.18. The average Bonchev–Trinajstić information content (AvgIpc) is 3.15. The molecule has 0 saturated heterocycles. The fourth-order valence-corrected chi connectivity index (χ4v) is 3.12. The molecule has 0 aliphatic rings. The van der Waals surface area contributed by atoms with Crippen LogP contribution in [0.3, 0.4) is 0 Å². The summed E-state index contributed by atoms with van der Waals surface area (Å²) in [7, 11) is 1.75. The highest BCUT2D eigenvalue weighted by molar-refractivity contribution is 7.12. The third-order valence-electron chi connectivity index (χ3n) is 3.43. The van der Waals surface area contributed by atoms with Crippen LogP contribution in [0, 0.1) is 0 Å². The number of nitrogens with one attached hydrogen (secondary N) is 1. The van der Waals surface area contributed by atoms with Crippen molar-refractivity contribution in [2.24, 2.45) is 4.99 Å². The van der Waals surface area contributed by atoms with Crippen LogP contribution in [0.4, 0.5) is 0 Å². The molecule has 1 aromatic carbocycles. The van der Waals surface area contributed by atoms with Crippen LogP contribution in [0.2, 0.25) is 0 Å². The zero-order valence-electron chi connectivity index (χ0n) is 11.9. The average molecular weight is 297 g/mol. The van der Waals surface area contributed by atoms with Crippen LogP contribution in [-0.4, -0.2) is 28.5 Å². The fraction of sp³-hybridized carbons (Fsp3) is 0.188. The molecule has 2 heterocycles. The standard InChI is InChI=1S/C16H15N3OS/c1-3-12(17-2)14-9-21-16(19-14)15(20)11-8-18-13-7-5-4-6-10(11)13/h4-9,18H,3H2,1-2H3/b17-12-. The molecule has 3 rings (SSSR count). The maximum atomic E-state index is 12.6. The number of para-hydroxylation sites is 1. The van der Waals surface area contributed by atoms with Gasteiger partial charge in [-0.05, 0) is 12.5 Å². The number of H-pyrrole nitrogens is 1. The minimum absolute atomic E-state index is 0.0461. The highest BCUT2D eigenvalue weighted by atomic mass is 32.1. The van der Waals surface area contributed by atoms with Crippen molar-refractivity contribution in [2.45, 2.75) is 13.3 Å². The van der Waals surface area contributed by atoms with Gasteiger partial charge in [-0.25, -0.2) is 4.98 Å². The van der Waals surface area contributed by atoms with E-state index in [2.05, 4.69) is 15.0 Å². The van der Waals surface area contributed by atoms with Gasteiger partial charge in [-0.1, -0.05) is 25.1 Å². The molecule has 21 heavy (non-hydrogen) atoms. The van der Waals surface area contributed by atoms with E-state index in [1.54, 1.807) is 13.2 Å². The molecule has 0 unspecified atom stereocenters. The third kappa shape index (κ3) is 2.40. The van der Waals surface area contributed by atoms with E-state index in [-0.39, 0.29) is 5.78 Å². The Kier molecular flexibility index (Phi) is 3.66. The van der Waals surface area contributed by atoms with Gasteiger partial charge in [-0.2, -0.15) is 0 Å². The summed E-state index contributed by atoms with van der Waals surface area (Å²) >= 11 is 1.37. The molecule has 0 spiro atoms. The normalized spacial score (nSPS) is 12.0. The number of hydrogen-bond acceptors (Lipinski definition) is 4. The first kappa shape index (κ1) is 13.7. The zero-order chi connectivity index (χ0) is 14.8. The first-order valence-corrected chi connectivity index (χ1v) is 7.65. The number of fused-ring (bicyclic) bond motifs is 1. The Labute approximate surface area is 126 Å². The molecule has 0 saturated carbocycles. The Bertz CT molecular complexity index is 829. The van der Waals surface area contributed by atoms with Crippen LogP contribution >= 0.6 is 11.3 Å². The van der Waals surface area contributed by atoms with Gasteiger partial charge < -0.3 is 4.98 Å². The summed E-state index contributed by atoms with van der Waals surface area (Å²) in [5.74, 6) is -0.0461. The second kappa shape index (κ2) is 5.61. The lowest BCUT2D eigenvalue weighted by atomic mass is 10.1. The van der Waals surface area contributed by atoms with Gasteiger partial charge in [0.15, 0.2) is 5.01 Å². The second-order valence-electron chi connectivity index (χ2n) is 4.64. The summed E-state index contributed by atoms with van der Waals surface area (Å²) in [5.41, 5.74) is 3.34. The number of carbonyl (C=O) groups is 1. The zero-order valence-corrected chi connectivity index (χ0v) is 12.7. The van der Waals surface area contributed by atoms with E-state index in [0.29, 0.717) is 10.6 Å². The minimum Gasteiger partial charge on any atom is -0.360 e. The predicted octanol–water partition coefficient (Wildman–Crippen LogP) is 3.68. The van der Waals surface area contributed by atoms with Crippen molar-refractivity contribution in [1.29, 1.82) is 0 Å². The van der Waals surface area contributed by atoms with Gasteiger partial charge in [0.2, 0.25) is 5.78 Å². The van der Waals surface area contributed by atoms with E-state index in [0.717, 1.165) is 28.7 Å². The van der Waals surface area contributed by atoms with Crippen molar-refractivity contribution in [3.05, 3.63) is 52.1 Å². The summed E-state index contributed by atoms with van der Waals surface area (Å²) in [6.45, 7) is 2.03. The fourth-order valence-electron chi connectivity index (χ4n) is 2.34. The number of thiazole rings is 1. The summed E-state index contributed by atoms with van der Waals surface area (Å²) in [5, 5.41) is 3.33. The summed E-state index contributed by atoms with van der Waals surface area (Å²) in [6, 6.07) is 7.77. The lowest BCUT2D eigenvalue weighted by molar-refractivity contribution is 0.104. The molecule has 106 valence electrons. The Morgan fingerprint density at radius 1 is 1.38 bits per heavy atom. The number of rotatable bonds is 4. The Morgan fingerprint density at radius 2 is 2.19 bits per heavy atom. The summed E-state index contributed by atoms with van der Waals surface area (Å²) in [4.78, 5) is 24.4. The SMILES string of the molecule is CC/C(=N/C)c1csc(C(=O)c2c[nH]c3ccccc23)n1. The van der Waals surface area contributed by atoms with Crippen LogP contribution in [0.1, 0.15) is 34.4 Å². The maximum Gasteiger partial charge on any atom is 0.223 e. The number of carbonyl (C=O) groups excluding carboxylic acids is 1. The van der Waals surface area contributed by atoms with E-state index in [9.17, 15) is 4.79 Å². The highest BCUT2D eigenvalue weighted by Crippen LogP contribution is 2.22. The van der Waals surface area contributed by atoms with E-state index >= 15 is 0 Å². The van der Waals surface area contributed by atoms with Crippen LogP contribution < -0.4 is 0 Å². The molecule has 4 nitrogen and oxygen atoms in total. The van der Waals surface area contributed by atoms with E-state index in [1.807, 2.05) is 36.6 Å². The first-order valence-electron chi connectivity index (χ1n) is 6.77. The van der Waals surface area contributed by atoms with Crippen molar-refractivity contribution in [2.75, 3.05) is 7.05 Å². The van der Waals surface area contributed by atoms with E-state index in [1.165, 1.54) is 11.3 Å². The van der Waals surface area contributed by atoms with Crippen molar-refractivity contribution in [3.8, 4) is 0 Å². The lowest BCUT2D eigenvalue weighted by Gasteiger charge is -1.97. The molecular weight excluding hydrogens is 282 g/mol. The van der Waals surface area contributed by atoms with Gasteiger partial charge in [0.25, 0.3) is 0 Å². The molecule has 0 atom stereocenters. The van der Waals surface area contributed by atoms with Crippen LogP contribution in [0.5, 0.6) is 0 Å². The minimum atomic E-state index is -0.0461. The molecule has 0 bridgehead atoms. The van der Waals surface area contributed by atoms with Crippen molar-refractivity contribution in [1.82, 2.24) is 9.97 Å². The van der Waals surface area contributed by atoms with Crippen LogP contribution in [0.15, 0.2) is 40.8 Å². The smallest absolute Gasteiger partial charge is 0.223 e. The molecule has 2 aromatic heterocycles. The number of aromatic amines is 1. The largest absolute Gasteiger partial charge is 0.360 e. The number of benzene rings is 1. The van der Waals surface area contributed by atoms with Crippen LogP contribution in [-0.2, 0) is 0 Å².